The maximum absolute atomic E-state index is 11.4. The van der Waals surface area contributed by atoms with E-state index in [0.29, 0.717) is 6.42 Å². The van der Waals surface area contributed by atoms with Crippen molar-refractivity contribution in [2.75, 3.05) is 6.54 Å². The topological polar surface area (TPSA) is 29.5 Å². The minimum Gasteiger partial charge on any atom is -0.474 e. The molecule has 1 amide bonds. The molecule has 0 saturated carbocycles. The molecule has 2 aliphatic heterocycles. The molecule has 2 rings (SSSR count). The molecule has 13 heavy (non-hydrogen) atoms. The van der Waals surface area contributed by atoms with Crippen LogP contribution in [0.4, 0.5) is 0 Å². The number of hydrogen-bond donors (Lipinski definition) is 0. The van der Waals surface area contributed by atoms with Crippen molar-refractivity contribution in [2.24, 2.45) is 0 Å². The fraction of sp³-hybridized carbons (Fsp3) is 0.500. The summed E-state index contributed by atoms with van der Waals surface area (Å²) in [7, 11) is 0. The monoisotopic (exact) mass is 179 g/mol. The molecule has 0 aliphatic carbocycles. The summed E-state index contributed by atoms with van der Waals surface area (Å²) in [5.74, 6) is 0.182. The zero-order valence-electron chi connectivity index (χ0n) is 7.53. The van der Waals surface area contributed by atoms with Crippen LogP contribution < -0.4 is 0 Å². The van der Waals surface area contributed by atoms with Gasteiger partial charge in [0.1, 0.15) is 0 Å². The molecular formula is C10H13NO2. The third-order valence-corrected chi connectivity index (χ3v) is 2.43. The Labute approximate surface area is 77.7 Å². The highest BCUT2D eigenvalue weighted by Crippen LogP contribution is 2.23. The third-order valence-electron chi connectivity index (χ3n) is 2.43. The molecule has 3 heteroatoms. The Hall–Kier alpha value is -1.25. The molecule has 0 aromatic carbocycles. The van der Waals surface area contributed by atoms with Gasteiger partial charge in [-0.1, -0.05) is 6.58 Å². The van der Waals surface area contributed by atoms with Gasteiger partial charge in [-0.3, -0.25) is 4.79 Å². The van der Waals surface area contributed by atoms with E-state index in [0.717, 1.165) is 25.0 Å². The third kappa shape index (κ3) is 1.46. The second-order valence-corrected chi connectivity index (χ2v) is 3.41. The standard InChI is InChI=1S/C10H13NO2/c1-8-4-3-7-13-10(8)11-6-2-5-9(11)12/h3,7,10H,1-2,4-6H2. The molecule has 0 aromatic rings. The summed E-state index contributed by atoms with van der Waals surface area (Å²) in [6.45, 7) is 4.71. The molecule has 0 N–H and O–H groups in total. The molecule has 70 valence electrons. The molecule has 1 saturated heterocycles. The van der Waals surface area contributed by atoms with Crippen molar-refractivity contribution in [1.82, 2.24) is 4.90 Å². The summed E-state index contributed by atoms with van der Waals surface area (Å²) in [4.78, 5) is 13.2. The van der Waals surface area contributed by atoms with E-state index in [1.807, 2.05) is 6.08 Å². The van der Waals surface area contributed by atoms with Crippen molar-refractivity contribution in [3.8, 4) is 0 Å². The second-order valence-electron chi connectivity index (χ2n) is 3.41. The zero-order chi connectivity index (χ0) is 9.26. The summed E-state index contributed by atoms with van der Waals surface area (Å²) in [5.41, 5.74) is 0.970. The van der Waals surface area contributed by atoms with E-state index in [1.54, 1.807) is 11.2 Å². The van der Waals surface area contributed by atoms with Gasteiger partial charge in [0.25, 0.3) is 0 Å². The van der Waals surface area contributed by atoms with Crippen LogP contribution in [0.5, 0.6) is 0 Å². The van der Waals surface area contributed by atoms with Crippen molar-refractivity contribution in [3.05, 3.63) is 24.5 Å². The van der Waals surface area contributed by atoms with Gasteiger partial charge >= 0.3 is 0 Å². The molecule has 0 aromatic heterocycles. The van der Waals surface area contributed by atoms with Crippen molar-refractivity contribution >= 4 is 5.91 Å². The first kappa shape index (κ1) is 8.35. The van der Waals surface area contributed by atoms with E-state index in [9.17, 15) is 4.79 Å². The van der Waals surface area contributed by atoms with E-state index < -0.39 is 0 Å². The summed E-state index contributed by atoms with van der Waals surface area (Å²) < 4.78 is 5.37. The minimum absolute atomic E-state index is 0.182. The van der Waals surface area contributed by atoms with Crippen LogP contribution in [0.3, 0.4) is 0 Å². The van der Waals surface area contributed by atoms with Gasteiger partial charge in [0.2, 0.25) is 5.91 Å². The Balaban J connectivity index is 2.11. The van der Waals surface area contributed by atoms with Crippen LogP contribution in [0.2, 0.25) is 0 Å². The van der Waals surface area contributed by atoms with Crippen LogP contribution in [0.25, 0.3) is 0 Å². The van der Waals surface area contributed by atoms with Gasteiger partial charge in [0, 0.05) is 13.0 Å². The molecular weight excluding hydrogens is 166 g/mol. The number of carbonyl (C=O) groups excluding carboxylic acids is 1. The lowest BCUT2D eigenvalue weighted by molar-refractivity contribution is -0.135. The second kappa shape index (κ2) is 3.24. The molecule has 2 heterocycles. The zero-order valence-corrected chi connectivity index (χ0v) is 7.53. The Kier molecular flexibility index (Phi) is 2.08. The number of allylic oxidation sites excluding steroid dienone is 1. The average Bonchev–Trinajstić information content (AvgIpc) is 2.52. The number of likely N-dealkylation sites (tertiary alicyclic amines) is 1. The number of hydrogen-bond acceptors (Lipinski definition) is 2. The highest BCUT2D eigenvalue weighted by molar-refractivity contribution is 5.78. The molecule has 3 nitrogen and oxygen atoms in total. The molecule has 0 spiro atoms. The van der Waals surface area contributed by atoms with Crippen molar-refractivity contribution in [2.45, 2.75) is 25.5 Å². The van der Waals surface area contributed by atoms with Crippen molar-refractivity contribution in [3.63, 3.8) is 0 Å². The van der Waals surface area contributed by atoms with Gasteiger partial charge in [-0.05, 0) is 24.5 Å². The fourth-order valence-corrected chi connectivity index (χ4v) is 1.74. The predicted molar refractivity (Wildman–Crippen MR) is 48.7 cm³/mol. The first-order valence-corrected chi connectivity index (χ1v) is 4.56. The molecule has 1 fully saturated rings. The lowest BCUT2D eigenvalue weighted by atomic mass is 10.1. The molecule has 1 atom stereocenters. The SMILES string of the molecule is C=C1CC=COC1N1CCCC1=O. The smallest absolute Gasteiger partial charge is 0.225 e. The van der Waals surface area contributed by atoms with Crippen LogP contribution in [0, 0.1) is 0 Å². The summed E-state index contributed by atoms with van der Waals surface area (Å²) in [5, 5.41) is 0. The molecule has 2 aliphatic rings. The average molecular weight is 179 g/mol. The van der Waals surface area contributed by atoms with Crippen LogP contribution in [0.15, 0.2) is 24.5 Å². The maximum Gasteiger partial charge on any atom is 0.225 e. The van der Waals surface area contributed by atoms with E-state index >= 15 is 0 Å². The first-order chi connectivity index (χ1) is 6.29. The van der Waals surface area contributed by atoms with Crippen LogP contribution >= 0.6 is 0 Å². The van der Waals surface area contributed by atoms with Gasteiger partial charge in [0.15, 0.2) is 6.23 Å². The van der Waals surface area contributed by atoms with Crippen LogP contribution in [0.1, 0.15) is 19.3 Å². The van der Waals surface area contributed by atoms with E-state index in [-0.39, 0.29) is 12.1 Å². The van der Waals surface area contributed by atoms with Gasteiger partial charge < -0.3 is 9.64 Å². The van der Waals surface area contributed by atoms with Crippen molar-refractivity contribution in [1.29, 1.82) is 0 Å². The number of rotatable bonds is 1. The Morgan fingerprint density at radius 2 is 2.46 bits per heavy atom. The normalized spacial score (nSPS) is 28.0. The van der Waals surface area contributed by atoms with Crippen LogP contribution in [-0.4, -0.2) is 23.6 Å². The maximum atomic E-state index is 11.4. The van der Waals surface area contributed by atoms with Crippen molar-refractivity contribution < 1.29 is 9.53 Å². The number of ether oxygens (including phenoxy) is 1. The van der Waals surface area contributed by atoms with Gasteiger partial charge in [0.05, 0.1) is 6.26 Å². The van der Waals surface area contributed by atoms with E-state index in [1.165, 1.54) is 0 Å². The summed E-state index contributed by atoms with van der Waals surface area (Å²) >= 11 is 0. The highest BCUT2D eigenvalue weighted by atomic mass is 16.5. The lowest BCUT2D eigenvalue weighted by Gasteiger charge is -2.30. The first-order valence-electron chi connectivity index (χ1n) is 4.56. The molecule has 1 unspecified atom stereocenters. The Bertz CT molecular complexity index is 270. The predicted octanol–water partition coefficient (Wildman–Crippen LogP) is 1.43. The summed E-state index contributed by atoms with van der Waals surface area (Å²) in [6.07, 6.45) is 5.77. The van der Waals surface area contributed by atoms with Gasteiger partial charge in [-0.15, -0.1) is 0 Å². The Morgan fingerprint density at radius 1 is 1.62 bits per heavy atom. The van der Waals surface area contributed by atoms with E-state index in [2.05, 4.69) is 6.58 Å². The lowest BCUT2D eigenvalue weighted by Crippen LogP contribution is -2.39. The number of nitrogens with zero attached hydrogens (tertiary/aromatic N) is 1. The van der Waals surface area contributed by atoms with Crippen LogP contribution in [-0.2, 0) is 9.53 Å². The number of amides is 1. The summed E-state index contributed by atoms with van der Waals surface area (Å²) in [6, 6.07) is 0. The largest absolute Gasteiger partial charge is 0.474 e. The quantitative estimate of drug-likeness (QED) is 0.570. The minimum atomic E-state index is -0.208. The van der Waals surface area contributed by atoms with Gasteiger partial charge in [-0.25, -0.2) is 0 Å². The highest BCUT2D eigenvalue weighted by Gasteiger charge is 2.30. The fourth-order valence-electron chi connectivity index (χ4n) is 1.74. The van der Waals surface area contributed by atoms with E-state index in [4.69, 9.17) is 4.74 Å². The number of carbonyl (C=O) groups is 1. The molecule has 0 radical (unpaired) electrons. The molecule has 0 bridgehead atoms. The Morgan fingerprint density at radius 3 is 3.08 bits per heavy atom. The van der Waals surface area contributed by atoms with Gasteiger partial charge in [-0.2, -0.15) is 0 Å².